The van der Waals surface area contributed by atoms with Crippen LogP contribution in [0, 0.1) is 11.6 Å². The summed E-state index contributed by atoms with van der Waals surface area (Å²) in [5.41, 5.74) is 0.939. The molecule has 0 unspecified atom stereocenters. The molecule has 1 N–H and O–H groups in total. The van der Waals surface area contributed by atoms with Crippen LogP contribution in [0.3, 0.4) is 0 Å². The zero-order chi connectivity index (χ0) is 20.0. The van der Waals surface area contributed by atoms with E-state index in [0.717, 1.165) is 17.7 Å². The van der Waals surface area contributed by atoms with Gasteiger partial charge in [0.25, 0.3) is 5.91 Å². The van der Waals surface area contributed by atoms with Crippen LogP contribution in [0.15, 0.2) is 42.5 Å². The van der Waals surface area contributed by atoms with E-state index in [4.69, 9.17) is 9.47 Å². The second-order valence-corrected chi connectivity index (χ2v) is 6.26. The van der Waals surface area contributed by atoms with Crippen molar-refractivity contribution in [3.63, 3.8) is 0 Å². The Morgan fingerprint density at radius 1 is 1.04 bits per heavy atom. The van der Waals surface area contributed by atoms with E-state index < -0.39 is 29.6 Å². The molecule has 0 aromatic heterocycles. The Morgan fingerprint density at radius 2 is 1.70 bits per heavy atom. The number of carbonyl (C=O) groups is 2. The fourth-order valence-corrected chi connectivity index (χ4v) is 2.20. The van der Waals surface area contributed by atoms with Crippen molar-refractivity contribution in [2.45, 2.75) is 32.8 Å². The van der Waals surface area contributed by atoms with Crippen molar-refractivity contribution >= 4 is 17.6 Å². The number of hydrogen-bond acceptors (Lipinski definition) is 4. The smallest absolute Gasteiger partial charge is 0.344 e. The minimum Gasteiger partial charge on any atom is -0.482 e. The minimum atomic E-state index is -1.17. The molecule has 0 aliphatic heterocycles. The van der Waals surface area contributed by atoms with E-state index in [2.05, 4.69) is 19.2 Å². The molecule has 5 nitrogen and oxygen atoms in total. The van der Waals surface area contributed by atoms with Gasteiger partial charge in [0.1, 0.15) is 17.4 Å². The topological polar surface area (TPSA) is 64.6 Å². The average Bonchev–Trinajstić information content (AvgIpc) is 2.62. The predicted molar refractivity (Wildman–Crippen MR) is 96.6 cm³/mol. The summed E-state index contributed by atoms with van der Waals surface area (Å²) in [7, 11) is 0. The molecule has 7 heteroatoms. The molecule has 2 aromatic carbocycles. The Labute approximate surface area is 156 Å². The summed E-state index contributed by atoms with van der Waals surface area (Å²) in [6.45, 7) is 5.10. The lowest BCUT2D eigenvalue weighted by molar-refractivity contribution is -0.155. The Hall–Kier alpha value is -2.96. The number of benzene rings is 2. The number of amides is 1. The number of rotatable bonds is 7. The van der Waals surface area contributed by atoms with Gasteiger partial charge in [0.05, 0.1) is 5.69 Å². The van der Waals surface area contributed by atoms with Gasteiger partial charge in [-0.2, -0.15) is 0 Å². The maximum Gasteiger partial charge on any atom is 0.344 e. The SMILES string of the molecule is CC(C)c1ccc(OCC(=O)O[C@H](C)C(=O)Nc2ccc(F)cc2F)cc1. The number of carbonyl (C=O) groups excluding carboxylic acids is 2. The maximum absolute atomic E-state index is 13.5. The molecule has 0 aliphatic rings. The number of halogens is 2. The molecular formula is C20H21F2NO4. The normalized spacial score (nSPS) is 11.8. The van der Waals surface area contributed by atoms with E-state index in [1.807, 2.05) is 12.1 Å². The van der Waals surface area contributed by atoms with Crippen molar-refractivity contribution < 1.29 is 27.8 Å². The Bertz CT molecular complexity index is 806. The van der Waals surface area contributed by atoms with Crippen molar-refractivity contribution in [1.82, 2.24) is 0 Å². The highest BCUT2D eigenvalue weighted by atomic mass is 19.1. The first-order valence-electron chi connectivity index (χ1n) is 8.44. The van der Waals surface area contributed by atoms with Crippen LogP contribution in [0.1, 0.15) is 32.3 Å². The Morgan fingerprint density at radius 3 is 2.30 bits per heavy atom. The van der Waals surface area contributed by atoms with Crippen LogP contribution in [-0.2, 0) is 14.3 Å². The first-order chi connectivity index (χ1) is 12.8. The highest BCUT2D eigenvalue weighted by molar-refractivity contribution is 5.95. The third-order valence-electron chi connectivity index (χ3n) is 3.77. The van der Waals surface area contributed by atoms with E-state index in [1.54, 1.807) is 12.1 Å². The van der Waals surface area contributed by atoms with Crippen molar-refractivity contribution in [3.05, 3.63) is 59.7 Å². The lowest BCUT2D eigenvalue weighted by Gasteiger charge is -2.14. The van der Waals surface area contributed by atoms with Gasteiger partial charge in [-0.3, -0.25) is 4.79 Å². The van der Waals surface area contributed by atoms with Crippen LogP contribution >= 0.6 is 0 Å². The van der Waals surface area contributed by atoms with Gasteiger partial charge in [-0.15, -0.1) is 0 Å². The average molecular weight is 377 g/mol. The van der Waals surface area contributed by atoms with Crippen molar-refractivity contribution in [2.24, 2.45) is 0 Å². The standard InChI is InChI=1S/C20H21F2NO4/c1-12(2)14-4-7-16(8-5-14)26-11-19(24)27-13(3)20(25)23-18-9-6-15(21)10-17(18)22/h4-10,12-13H,11H2,1-3H3,(H,23,25)/t13-/m1/s1. The molecule has 0 fully saturated rings. The van der Waals surface area contributed by atoms with Crippen LogP contribution < -0.4 is 10.1 Å². The van der Waals surface area contributed by atoms with E-state index in [1.165, 1.54) is 6.92 Å². The molecule has 0 spiro atoms. The largest absolute Gasteiger partial charge is 0.482 e. The maximum atomic E-state index is 13.5. The van der Waals surface area contributed by atoms with Crippen molar-refractivity contribution in [1.29, 1.82) is 0 Å². The van der Waals surface area contributed by atoms with Crippen LogP contribution in [0.5, 0.6) is 5.75 Å². The molecule has 0 aliphatic carbocycles. The molecule has 0 heterocycles. The van der Waals surface area contributed by atoms with Gasteiger partial charge in [0, 0.05) is 6.07 Å². The molecule has 2 aromatic rings. The highest BCUT2D eigenvalue weighted by Gasteiger charge is 2.19. The summed E-state index contributed by atoms with van der Waals surface area (Å²) in [5.74, 6) is -2.28. The van der Waals surface area contributed by atoms with Gasteiger partial charge in [-0.05, 0) is 42.7 Å². The number of esters is 1. The monoisotopic (exact) mass is 377 g/mol. The van der Waals surface area contributed by atoms with Crippen LogP contribution in [0.2, 0.25) is 0 Å². The number of nitrogens with one attached hydrogen (secondary N) is 1. The summed E-state index contributed by atoms with van der Waals surface area (Å²) >= 11 is 0. The summed E-state index contributed by atoms with van der Waals surface area (Å²) < 4.78 is 36.7. The van der Waals surface area contributed by atoms with Gasteiger partial charge in [-0.25, -0.2) is 13.6 Å². The first kappa shape index (κ1) is 20.4. The van der Waals surface area contributed by atoms with Crippen LogP contribution in [0.25, 0.3) is 0 Å². The second kappa shape index (κ2) is 9.12. The predicted octanol–water partition coefficient (Wildman–Crippen LogP) is 4.04. The van der Waals surface area contributed by atoms with Gasteiger partial charge < -0.3 is 14.8 Å². The quantitative estimate of drug-likeness (QED) is 0.740. The minimum absolute atomic E-state index is 0.203. The van der Waals surface area contributed by atoms with E-state index >= 15 is 0 Å². The summed E-state index contributed by atoms with van der Waals surface area (Å²) in [6, 6.07) is 10.0. The summed E-state index contributed by atoms with van der Waals surface area (Å²) in [6.07, 6.45) is -1.17. The summed E-state index contributed by atoms with van der Waals surface area (Å²) in [5, 5.41) is 2.23. The van der Waals surface area contributed by atoms with Gasteiger partial charge >= 0.3 is 5.97 Å². The third-order valence-corrected chi connectivity index (χ3v) is 3.77. The van der Waals surface area contributed by atoms with Gasteiger partial charge in [0.15, 0.2) is 12.7 Å². The van der Waals surface area contributed by atoms with Crippen molar-refractivity contribution in [3.8, 4) is 5.75 Å². The molecule has 144 valence electrons. The van der Waals surface area contributed by atoms with Gasteiger partial charge in [0.2, 0.25) is 0 Å². The van der Waals surface area contributed by atoms with Crippen LogP contribution in [-0.4, -0.2) is 24.6 Å². The fourth-order valence-electron chi connectivity index (χ4n) is 2.20. The fraction of sp³-hybridized carbons (Fsp3) is 0.300. The molecule has 1 atom stereocenters. The molecule has 0 saturated carbocycles. The zero-order valence-electron chi connectivity index (χ0n) is 15.3. The van der Waals surface area contributed by atoms with Crippen LogP contribution in [0.4, 0.5) is 14.5 Å². The number of ether oxygens (including phenoxy) is 2. The third kappa shape index (κ3) is 6.06. The van der Waals surface area contributed by atoms with E-state index in [9.17, 15) is 18.4 Å². The molecule has 2 rings (SSSR count). The molecule has 1 amide bonds. The highest BCUT2D eigenvalue weighted by Crippen LogP contribution is 2.19. The molecular weight excluding hydrogens is 356 g/mol. The summed E-state index contributed by atoms with van der Waals surface area (Å²) in [4.78, 5) is 23.8. The first-order valence-corrected chi connectivity index (χ1v) is 8.44. The Balaban J connectivity index is 1.82. The lowest BCUT2D eigenvalue weighted by atomic mass is 10.0. The molecule has 0 bridgehead atoms. The zero-order valence-corrected chi connectivity index (χ0v) is 15.3. The number of anilines is 1. The lowest BCUT2D eigenvalue weighted by Crippen LogP contribution is -2.32. The van der Waals surface area contributed by atoms with E-state index in [0.29, 0.717) is 17.7 Å². The molecule has 27 heavy (non-hydrogen) atoms. The van der Waals surface area contributed by atoms with Crippen molar-refractivity contribution in [2.75, 3.05) is 11.9 Å². The molecule has 0 saturated heterocycles. The van der Waals surface area contributed by atoms with E-state index in [-0.39, 0.29) is 12.3 Å². The second-order valence-electron chi connectivity index (χ2n) is 6.26. The van der Waals surface area contributed by atoms with Gasteiger partial charge in [-0.1, -0.05) is 26.0 Å². The Kier molecular flexibility index (Phi) is 6.87. The molecule has 0 radical (unpaired) electrons. The number of hydrogen-bond donors (Lipinski definition) is 1.